The lowest BCUT2D eigenvalue weighted by Gasteiger charge is -2.09. The predicted octanol–water partition coefficient (Wildman–Crippen LogP) is 2.10. The highest BCUT2D eigenvalue weighted by Gasteiger charge is 2.19. The molecule has 3 heterocycles. The summed E-state index contributed by atoms with van der Waals surface area (Å²) in [4.78, 5) is 23.1. The maximum absolute atomic E-state index is 11.2. The Balaban J connectivity index is 2.10. The van der Waals surface area contributed by atoms with E-state index in [1.807, 2.05) is 6.92 Å². The third-order valence-electron chi connectivity index (χ3n) is 3.47. The molecule has 22 heavy (non-hydrogen) atoms. The molecule has 3 rings (SSSR count). The molecule has 0 aliphatic heterocycles. The highest BCUT2D eigenvalue weighted by Crippen LogP contribution is 2.27. The zero-order valence-electron chi connectivity index (χ0n) is 12.1. The minimum atomic E-state index is -0.431. The molecule has 0 saturated carbocycles. The van der Waals surface area contributed by atoms with Crippen LogP contribution in [0.5, 0.6) is 5.88 Å². The van der Waals surface area contributed by atoms with E-state index in [1.54, 1.807) is 30.0 Å². The van der Waals surface area contributed by atoms with Crippen LogP contribution in [-0.2, 0) is 6.54 Å². The van der Waals surface area contributed by atoms with Crippen molar-refractivity contribution in [3.63, 3.8) is 0 Å². The molecule has 112 valence electrons. The van der Waals surface area contributed by atoms with Crippen LogP contribution in [0.3, 0.4) is 0 Å². The fraction of sp³-hybridized carbons (Fsp3) is 0.214. The third kappa shape index (κ3) is 2.24. The van der Waals surface area contributed by atoms with Crippen LogP contribution in [0.25, 0.3) is 11.0 Å². The Kier molecular flexibility index (Phi) is 3.42. The van der Waals surface area contributed by atoms with Crippen molar-refractivity contribution < 1.29 is 9.66 Å². The molecule has 0 bridgehead atoms. The lowest BCUT2D eigenvalue weighted by Crippen LogP contribution is -2.05. The molecule has 0 amide bonds. The predicted molar refractivity (Wildman–Crippen MR) is 78.8 cm³/mol. The van der Waals surface area contributed by atoms with E-state index in [0.717, 1.165) is 11.3 Å². The summed E-state index contributed by atoms with van der Waals surface area (Å²) in [6, 6.07) is 3.54. The van der Waals surface area contributed by atoms with Crippen LogP contribution in [0, 0.1) is 17.0 Å². The molecule has 0 N–H and O–H groups in total. The summed E-state index contributed by atoms with van der Waals surface area (Å²) in [6.45, 7) is 2.23. The Morgan fingerprint density at radius 3 is 2.91 bits per heavy atom. The molecule has 0 aliphatic rings. The van der Waals surface area contributed by atoms with Crippen LogP contribution >= 0.6 is 0 Å². The van der Waals surface area contributed by atoms with Crippen LogP contribution in [-0.4, -0.2) is 31.6 Å². The lowest BCUT2D eigenvalue weighted by molar-refractivity contribution is -0.383. The summed E-state index contributed by atoms with van der Waals surface area (Å²) in [5.74, 6) is 0.495. The molecule has 0 unspecified atom stereocenters. The summed E-state index contributed by atoms with van der Waals surface area (Å²) >= 11 is 0. The number of hydrogen-bond acceptors (Lipinski definition) is 6. The van der Waals surface area contributed by atoms with Crippen LogP contribution in [0.15, 0.2) is 30.9 Å². The van der Waals surface area contributed by atoms with Crippen molar-refractivity contribution in [3.8, 4) is 5.88 Å². The first-order chi connectivity index (χ1) is 10.6. The largest absolute Gasteiger partial charge is 0.481 e. The topological polar surface area (TPSA) is 96.0 Å². The Hall–Kier alpha value is -3.03. The second-order valence-electron chi connectivity index (χ2n) is 4.73. The first-order valence-electron chi connectivity index (χ1n) is 6.54. The normalized spacial score (nSPS) is 10.8. The minimum Gasteiger partial charge on any atom is -0.481 e. The first-order valence-corrected chi connectivity index (χ1v) is 6.54. The standard InChI is InChI=1S/C14H13N5O3/c1-9-10(16-8-17-14(9)22-2)6-18-7-12(19(20)21)13-11(18)4-3-5-15-13/h3-5,7-8H,6H2,1-2H3. The van der Waals surface area contributed by atoms with E-state index in [2.05, 4.69) is 15.0 Å². The molecule has 0 fully saturated rings. The van der Waals surface area contributed by atoms with Crippen molar-refractivity contribution >= 4 is 16.7 Å². The van der Waals surface area contributed by atoms with E-state index in [4.69, 9.17) is 4.74 Å². The maximum Gasteiger partial charge on any atom is 0.312 e. The van der Waals surface area contributed by atoms with Crippen LogP contribution < -0.4 is 4.74 Å². The smallest absolute Gasteiger partial charge is 0.312 e. The van der Waals surface area contributed by atoms with E-state index >= 15 is 0 Å². The van der Waals surface area contributed by atoms with E-state index in [-0.39, 0.29) is 5.69 Å². The molecule has 0 spiro atoms. The summed E-state index contributed by atoms with van der Waals surface area (Å²) in [7, 11) is 1.54. The molecule has 0 aliphatic carbocycles. The van der Waals surface area contributed by atoms with Crippen molar-refractivity contribution in [2.24, 2.45) is 0 Å². The van der Waals surface area contributed by atoms with Gasteiger partial charge in [0.25, 0.3) is 0 Å². The molecule has 0 saturated heterocycles. The summed E-state index contributed by atoms with van der Waals surface area (Å²) < 4.78 is 6.93. The minimum absolute atomic E-state index is 0.0192. The van der Waals surface area contributed by atoms with Crippen LogP contribution in [0.4, 0.5) is 5.69 Å². The molecule has 0 radical (unpaired) electrons. The molecule has 3 aromatic heterocycles. The van der Waals surface area contributed by atoms with Crippen molar-refractivity contribution in [1.29, 1.82) is 0 Å². The number of fused-ring (bicyclic) bond motifs is 1. The number of methoxy groups -OCH3 is 1. The van der Waals surface area contributed by atoms with Gasteiger partial charge in [-0.1, -0.05) is 0 Å². The Labute approximate surface area is 125 Å². The lowest BCUT2D eigenvalue weighted by atomic mass is 10.2. The number of nitro groups is 1. The van der Waals surface area contributed by atoms with Gasteiger partial charge in [0.1, 0.15) is 6.33 Å². The van der Waals surface area contributed by atoms with Gasteiger partial charge in [0.2, 0.25) is 5.88 Å². The van der Waals surface area contributed by atoms with Crippen molar-refractivity contribution in [2.45, 2.75) is 13.5 Å². The number of rotatable bonds is 4. The monoisotopic (exact) mass is 299 g/mol. The van der Waals surface area contributed by atoms with Gasteiger partial charge in [0.15, 0.2) is 5.52 Å². The summed E-state index contributed by atoms with van der Waals surface area (Å²) in [5.41, 5.74) is 2.58. The van der Waals surface area contributed by atoms with Crippen LogP contribution in [0.1, 0.15) is 11.3 Å². The number of ether oxygens (including phenoxy) is 1. The van der Waals surface area contributed by atoms with Gasteiger partial charge in [-0.05, 0) is 19.1 Å². The van der Waals surface area contributed by atoms with Gasteiger partial charge in [-0.2, -0.15) is 0 Å². The number of pyridine rings is 1. The molecule has 8 heteroatoms. The van der Waals surface area contributed by atoms with E-state index < -0.39 is 4.92 Å². The van der Waals surface area contributed by atoms with Gasteiger partial charge in [0.05, 0.1) is 36.0 Å². The fourth-order valence-electron chi connectivity index (χ4n) is 2.36. The number of hydrogen-bond donors (Lipinski definition) is 0. The van der Waals surface area contributed by atoms with Gasteiger partial charge in [-0.25, -0.2) is 15.0 Å². The molecule has 0 aromatic carbocycles. The zero-order valence-corrected chi connectivity index (χ0v) is 12.1. The Morgan fingerprint density at radius 2 is 2.18 bits per heavy atom. The zero-order chi connectivity index (χ0) is 15.7. The maximum atomic E-state index is 11.2. The van der Waals surface area contributed by atoms with Crippen molar-refractivity contribution in [1.82, 2.24) is 19.5 Å². The molecule has 3 aromatic rings. The van der Waals surface area contributed by atoms with Crippen molar-refractivity contribution in [2.75, 3.05) is 7.11 Å². The average molecular weight is 299 g/mol. The molecular weight excluding hydrogens is 286 g/mol. The summed E-state index contributed by atoms with van der Waals surface area (Å²) in [6.07, 6.45) is 4.43. The van der Waals surface area contributed by atoms with Crippen molar-refractivity contribution in [3.05, 3.63) is 52.2 Å². The van der Waals surface area contributed by atoms with E-state index in [0.29, 0.717) is 23.5 Å². The van der Waals surface area contributed by atoms with Crippen LogP contribution in [0.2, 0.25) is 0 Å². The molecule has 0 atom stereocenters. The Morgan fingerprint density at radius 1 is 1.36 bits per heavy atom. The van der Waals surface area contributed by atoms with Gasteiger partial charge in [0, 0.05) is 11.8 Å². The van der Waals surface area contributed by atoms with Gasteiger partial charge >= 0.3 is 5.69 Å². The highest BCUT2D eigenvalue weighted by molar-refractivity contribution is 5.85. The number of nitrogens with zero attached hydrogens (tertiary/aromatic N) is 5. The average Bonchev–Trinajstić information content (AvgIpc) is 2.89. The van der Waals surface area contributed by atoms with Gasteiger partial charge in [-0.3, -0.25) is 10.1 Å². The second-order valence-corrected chi connectivity index (χ2v) is 4.73. The molecular formula is C14H13N5O3. The highest BCUT2D eigenvalue weighted by atomic mass is 16.6. The Bertz CT molecular complexity index is 859. The molecule has 8 nitrogen and oxygen atoms in total. The second kappa shape index (κ2) is 5.40. The third-order valence-corrected chi connectivity index (χ3v) is 3.47. The summed E-state index contributed by atoms with van der Waals surface area (Å²) in [5, 5.41) is 11.2. The number of aromatic nitrogens is 4. The van der Waals surface area contributed by atoms with Gasteiger partial charge < -0.3 is 9.30 Å². The SMILES string of the molecule is COc1ncnc(Cn2cc([N+](=O)[O-])c3ncccc32)c1C. The fourth-order valence-corrected chi connectivity index (χ4v) is 2.36. The van der Waals surface area contributed by atoms with E-state index in [9.17, 15) is 10.1 Å². The van der Waals surface area contributed by atoms with Gasteiger partial charge in [-0.15, -0.1) is 0 Å². The first kappa shape index (κ1) is 13.9. The van der Waals surface area contributed by atoms with E-state index in [1.165, 1.54) is 12.5 Å². The quantitative estimate of drug-likeness (QED) is 0.540.